The zero-order chi connectivity index (χ0) is 19.1. The number of nitrogens with one attached hydrogen (secondary N) is 1. The zero-order valence-electron chi connectivity index (χ0n) is 15.4. The second-order valence-corrected chi connectivity index (χ2v) is 7.44. The van der Waals surface area contributed by atoms with E-state index in [1.54, 1.807) is 10.6 Å². The summed E-state index contributed by atoms with van der Waals surface area (Å²) >= 11 is 1.47. The maximum absolute atomic E-state index is 12.2. The lowest BCUT2D eigenvalue weighted by atomic mass is 10.1. The van der Waals surface area contributed by atoms with E-state index in [2.05, 4.69) is 22.4 Å². The summed E-state index contributed by atoms with van der Waals surface area (Å²) in [5.74, 6) is 0.915. The van der Waals surface area contributed by atoms with E-state index in [0.717, 1.165) is 18.4 Å². The Kier molecular flexibility index (Phi) is 6.65. The summed E-state index contributed by atoms with van der Waals surface area (Å²) < 4.78 is 1.54. The van der Waals surface area contributed by atoms with Crippen LogP contribution in [0.3, 0.4) is 0 Å². The first-order valence-electron chi connectivity index (χ1n) is 8.99. The maximum Gasteiger partial charge on any atom is 0.258 e. The summed E-state index contributed by atoms with van der Waals surface area (Å²) in [6, 6.07) is 15.6. The average Bonchev–Trinajstić information content (AvgIpc) is 2.67. The Morgan fingerprint density at radius 3 is 2.81 bits per heavy atom. The Morgan fingerprint density at radius 2 is 2.00 bits per heavy atom. The first-order chi connectivity index (χ1) is 13.1. The molecule has 2 heterocycles. The Labute approximate surface area is 162 Å². The molecule has 0 saturated carbocycles. The van der Waals surface area contributed by atoms with Gasteiger partial charge < -0.3 is 5.32 Å². The number of nitrogens with zero attached hydrogens (tertiary/aromatic N) is 2. The highest BCUT2D eigenvalue weighted by Crippen LogP contribution is 2.10. The molecule has 0 aliphatic heterocycles. The summed E-state index contributed by atoms with van der Waals surface area (Å²) in [6.45, 7) is 2.61. The van der Waals surface area contributed by atoms with Gasteiger partial charge in [-0.1, -0.05) is 36.4 Å². The van der Waals surface area contributed by atoms with E-state index in [-0.39, 0.29) is 11.5 Å². The van der Waals surface area contributed by atoms with Crippen molar-refractivity contribution in [3.05, 3.63) is 81.9 Å². The first kappa shape index (κ1) is 19.2. The van der Waals surface area contributed by atoms with Gasteiger partial charge in [0.1, 0.15) is 5.65 Å². The fourth-order valence-electron chi connectivity index (χ4n) is 2.80. The molecule has 140 valence electrons. The van der Waals surface area contributed by atoms with E-state index < -0.39 is 0 Å². The molecule has 0 bridgehead atoms. The molecule has 6 heteroatoms. The van der Waals surface area contributed by atoms with Gasteiger partial charge in [-0.25, -0.2) is 4.98 Å². The van der Waals surface area contributed by atoms with Crippen LogP contribution in [-0.2, 0) is 17.0 Å². The molecular weight excluding hydrogens is 358 g/mol. The number of thioether (sulfide) groups is 1. The minimum Gasteiger partial charge on any atom is -0.355 e. The van der Waals surface area contributed by atoms with Crippen LogP contribution in [-0.4, -0.2) is 27.6 Å². The predicted molar refractivity (Wildman–Crippen MR) is 110 cm³/mol. The number of benzene rings is 1. The highest BCUT2D eigenvalue weighted by Gasteiger charge is 2.05. The normalized spacial score (nSPS) is 10.9. The summed E-state index contributed by atoms with van der Waals surface area (Å²) in [6.07, 6.45) is 3.66. The SMILES string of the molecule is Cc1ccc2nc(CSCC(=O)NCCCc3ccccc3)cc(=O)n2c1. The Morgan fingerprint density at radius 1 is 1.19 bits per heavy atom. The molecule has 0 fully saturated rings. The third-order valence-electron chi connectivity index (χ3n) is 4.15. The molecule has 3 rings (SSSR count). The second kappa shape index (κ2) is 9.37. The number of hydrogen-bond donors (Lipinski definition) is 1. The molecule has 0 saturated heterocycles. The summed E-state index contributed by atoms with van der Waals surface area (Å²) in [5, 5.41) is 2.94. The molecule has 5 nitrogen and oxygen atoms in total. The van der Waals surface area contributed by atoms with E-state index in [9.17, 15) is 9.59 Å². The third-order valence-corrected chi connectivity index (χ3v) is 5.12. The minimum absolute atomic E-state index is 0.0150. The molecule has 3 aromatic rings. The van der Waals surface area contributed by atoms with Crippen LogP contribution in [0.15, 0.2) is 59.5 Å². The maximum atomic E-state index is 12.2. The van der Waals surface area contributed by atoms with Crippen LogP contribution in [0.4, 0.5) is 0 Å². The predicted octanol–water partition coefficient (Wildman–Crippen LogP) is 2.99. The number of fused-ring (bicyclic) bond motifs is 1. The molecule has 27 heavy (non-hydrogen) atoms. The molecule has 0 aliphatic carbocycles. The van der Waals surface area contributed by atoms with Crippen molar-refractivity contribution in [3.8, 4) is 0 Å². The van der Waals surface area contributed by atoms with Crippen molar-refractivity contribution in [2.45, 2.75) is 25.5 Å². The van der Waals surface area contributed by atoms with Gasteiger partial charge in [0, 0.05) is 24.6 Å². The average molecular weight is 382 g/mol. The van der Waals surface area contributed by atoms with Crippen molar-refractivity contribution in [2.75, 3.05) is 12.3 Å². The van der Waals surface area contributed by atoms with Gasteiger partial charge >= 0.3 is 0 Å². The number of carbonyl (C=O) groups excluding carboxylic acids is 1. The van der Waals surface area contributed by atoms with Crippen molar-refractivity contribution < 1.29 is 4.79 Å². The van der Waals surface area contributed by atoms with E-state index in [1.807, 2.05) is 37.3 Å². The van der Waals surface area contributed by atoms with Gasteiger partial charge in [-0.15, -0.1) is 11.8 Å². The molecular formula is C21H23N3O2S. The fraction of sp³-hybridized carbons (Fsp3) is 0.286. The zero-order valence-corrected chi connectivity index (χ0v) is 16.2. The number of aromatic nitrogens is 2. The lowest BCUT2D eigenvalue weighted by Gasteiger charge is -2.06. The Balaban J connectivity index is 1.41. The molecule has 0 unspecified atom stereocenters. The number of carbonyl (C=O) groups is 1. The molecule has 2 aromatic heterocycles. The highest BCUT2D eigenvalue weighted by molar-refractivity contribution is 7.99. The first-order valence-corrected chi connectivity index (χ1v) is 10.1. The van der Waals surface area contributed by atoms with Crippen LogP contribution >= 0.6 is 11.8 Å². The van der Waals surface area contributed by atoms with Crippen LogP contribution < -0.4 is 10.9 Å². The lowest BCUT2D eigenvalue weighted by Crippen LogP contribution is -2.26. The topological polar surface area (TPSA) is 63.5 Å². The van der Waals surface area contributed by atoms with E-state index in [0.29, 0.717) is 29.4 Å². The number of amides is 1. The van der Waals surface area contributed by atoms with Gasteiger partial charge in [0.15, 0.2) is 0 Å². The quantitative estimate of drug-likeness (QED) is 0.609. The van der Waals surface area contributed by atoms with E-state index in [1.165, 1.54) is 23.4 Å². The highest BCUT2D eigenvalue weighted by atomic mass is 32.2. The molecule has 1 amide bonds. The third kappa shape index (κ3) is 5.69. The van der Waals surface area contributed by atoms with Gasteiger partial charge in [-0.2, -0.15) is 0 Å². The number of aryl methyl sites for hydroxylation is 2. The van der Waals surface area contributed by atoms with Crippen LogP contribution in [0.1, 0.15) is 23.2 Å². The number of pyridine rings is 1. The van der Waals surface area contributed by atoms with Crippen molar-refractivity contribution in [1.82, 2.24) is 14.7 Å². The van der Waals surface area contributed by atoms with Crippen LogP contribution in [0.5, 0.6) is 0 Å². The lowest BCUT2D eigenvalue weighted by molar-refractivity contribution is -0.118. The van der Waals surface area contributed by atoms with Gasteiger partial charge in [0.25, 0.3) is 5.56 Å². The van der Waals surface area contributed by atoms with Gasteiger partial charge in [0.05, 0.1) is 11.4 Å². The summed E-state index contributed by atoms with van der Waals surface area (Å²) in [4.78, 5) is 28.6. The Bertz CT molecular complexity index is 970. The molecule has 0 atom stereocenters. The minimum atomic E-state index is -0.0929. The van der Waals surface area contributed by atoms with Crippen LogP contribution in [0, 0.1) is 6.92 Å². The summed E-state index contributed by atoms with van der Waals surface area (Å²) in [5.41, 5.74) is 3.53. The largest absolute Gasteiger partial charge is 0.355 e. The van der Waals surface area contributed by atoms with Crippen LogP contribution in [0.2, 0.25) is 0 Å². The Hall–Kier alpha value is -2.60. The van der Waals surface area contributed by atoms with Crippen molar-refractivity contribution in [3.63, 3.8) is 0 Å². The monoisotopic (exact) mass is 381 g/mol. The van der Waals surface area contributed by atoms with E-state index >= 15 is 0 Å². The molecule has 0 radical (unpaired) electrons. The van der Waals surface area contributed by atoms with Crippen LogP contribution in [0.25, 0.3) is 5.65 Å². The second-order valence-electron chi connectivity index (χ2n) is 6.45. The van der Waals surface area contributed by atoms with Crippen molar-refractivity contribution in [2.24, 2.45) is 0 Å². The fourth-order valence-corrected chi connectivity index (χ4v) is 3.54. The van der Waals surface area contributed by atoms with E-state index in [4.69, 9.17) is 0 Å². The van der Waals surface area contributed by atoms with Gasteiger partial charge in [0.2, 0.25) is 5.91 Å². The van der Waals surface area contributed by atoms with Gasteiger partial charge in [-0.3, -0.25) is 14.0 Å². The van der Waals surface area contributed by atoms with Gasteiger partial charge in [-0.05, 0) is 37.0 Å². The molecule has 0 aliphatic rings. The van der Waals surface area contributed by atoms with Crippen molar-refractivity contribution in [1.29, 1.82) is 0 Å². The molecule has 1 aromatic carbocycles. The smallest absolute Gasteiger partial charge is 0.258 e. The summed E-state index contributed by atoms with van der Waals surface area (Å²) in [7, 11) is 0. The van der Waals surface area contributed by atoms with Crippen molar-refractivity contribution >= 4 is 23.3 Å². The standard InChI is InChI=1S/C21H23N3O2S/c1-16-9-10-19-23-18(12-21(26)24(19)13-16)14-27-15-20(25)22-11-5-8-17-6-3-2-4-7-17/h2-4,6-7,9-10,12-13H,5,8,11,14-15H2,1H3,(H,22,25). The molecule has 1 N–H and O–H groups in total. The number of rotatable bonds is 8. The molecule has 0 spiro atoms. The number of hydrogen-bond acceptors (Lipinski definition) is 4.